The summed E-state index contributed by atoms with van der Waals surface area (Å²) in [6.45, 7) is 6.47. The van der Waals surface area contributed by atoms with E-state index in [0.717, 1.165) is 25.7 Å². The Kier molecular flexibility index (Phi) is 13.1. The van der Waals surface area contributed by atoms with E-state index in [0.29, 0.717) is 12.3 Å². The molecule has 0 heterocycles. The van der Waals surface area contributed by atoms with Crippen LogP contribution in [0, 0.1) is 5.92 Å². The van der Waals surface area contributed by atoms with Gasteiger partial charge >= 0.3 is 0 Å². The average molecular weight is 364 g/mol. The quantitative estimate of drug-likeness (QED) is 0.287. The van der Waals surface area contributed by atoms with Gasteiger partial charge in [0.05, 0.1) is 5.75 Å². The van der Waals surface area contributed by atoms with Crippen molar-refractivity contribution in [3.63, 3.8) is 0 Å². The van der Waals surface area contributed by atoms with Gasteiger partial charge in [0.1, 0.15) is 0 Å². The van der Waals surface area contributed by atoms with Crippen LogP contribution in [0.3, 0.4) is 0 Å². The second-order valence-electron chi connectivity index (χ2n) is 7.33. The first-order chi connectivity index (χ1) is 11.3. The topological polar surface area (TPSA) is 80.4 Å². The van der Waals surface area contributed by atoms with Crippen molar-refractivity contribution in [2.45, 2.75) is 110 Å². The predicted octanol–water partition coefficient (Wildman–Crippen LogP) is 5.32. The molecule has 0 fully saturated rings. The molecule has 0 saturated carbocycles. The molecule has 3 N–H and O–H groups in total. The van der Waals surface area contributed by atoms with Crippen molar-refractivity contribution in [1.82, 2.24) is 0 Å². The molecule has 24 heavy (non-hydrogen) atoms. The second kappa shape index (κ2) is 13.1. The molecule has 4 nitrogen and oxygen atoms in total. The van der Waals surface area contributed by atoms with Crippen LogP contribution in [0.5, 0.6) is 0 Å². The van der Waals surface area contributed by atoms with E-state index in [-0.39, 0.29) is 11.3 Å². The van der Waals surface area contributed by atoms with Gasteiger partial charge in [-0.15, -0.1) is 0 Å². The van der Waals surface area contributed by atoms with E-state index in [4.69, 9.17) is 10.3 Å². The monoisotopic (exact) mass is 363 g/mol. The SMILES string of the molecule is CCCCCCCCCCC(CCCS(=O)(=O)O)C(N)(CC)CC. The van der Waals surface area contributed by atoms with E-state index in [1.807, 2.05) is 0 Å². The molecule has 0 radical (unpaired) electrons. The molecule has 146 valence electrons. The van der Waals surface area contributed by atoms with Crippen LogP contribution in [0.1, 0.15) is 104 Å². The fourth-order valence-electron chi connectivity index (χ4n) is 3.58. The fourth-order valence-corrected chi connectivity index (χ4v) is 4.11. The maximum atomic E-state index is 10.9. The third-order valence-corrected chi connectivity index (χ3v) is 6.30. The predicted molar refractivity (Wildman–Crippen MR) is 104 cm³/mol. The van der Waals surface area contributed by atoms with Crippen LogP contribution in [0.2, 0.25) is 0 Å². The largest absolute Gasteiger partial charge is 0.325 e. The molecule has 0 aromatic carbocycles. The molecule has 0 aliphatic carbocycles. The molecule has 0 aliphatic heterocycles. The van der Waals surface area contributed by atoms with Crippen LogP contribution in [0.25, 0.3) is 0 Å². The Bertz CT molecular complexity index is 391. The van der Waals surface area contributed by atoms with Crippen molar-refractivity contribution in [2.24, 2.45) is 11.7 Å². The zero-order chi connectivity index (χ0) is 18.5. The Morgan fingerprint density at radius 3 is 1.75 bits per heavy atom. The summed E-state index contributed by atoms with van der Waals surface area (Å²) in [7, 11) is -3.86. The summed E-state index contributed by atoms with van der Waals surface area (Å²) in [6, 6.07) is 0. The van der Waals surface area contributed by atoms with Gasteiger partial charge in [0.25, 0.3) is 10.1 Å². The highest BCUT2D eigenvalue weighted by molar-refractivity contribution is 7.85. The van der Waals surface area contributed by atoms with Gasteiger partial charge in [-0.1, -0.05) is 72.1 Å². The molecule has 0 aromatic heterocycles. The second-order valence-corrected chi connectivity index (χ2v) is 8.90. The first-order valence-corrected chi connectivity index (χ1v) is 11.6. The standard InChI is InChI=1S/C19H41NO3S/c1-4-7-8-9-10-11-12-13-15-18(19(20,5-2)6-3)16-14-17-24(21,22)23/h18H,4-17,20H2,1-3H3,(H,21,22,23). The van der Waals surface area contributed by atoms with Crippen molar-refractivity contribution in [1.29, 1.82) is 0 Å². The molecule has 1 atom stereocenters. The van der Waals surface area contributed by atoms with Crippen molar-refractivity contribution in [3.8, 4) is 0 Å². The van der Waals surface area contributed by atoms with Crippen molar-refractivity contribution in [2.75, 3.05) is 5.75 Å². The molecule has 0 spiro atoms. The number of nitrogens with two attached hydrogens (primary N) is 1. The highest BCUT2D eigenvalue weighted by Gasteiger charge is 2.30. The Morgan fingerprint density at radius 2 is 1.29 bits per heavy atom. The van der Waals surface area contributed by atoms with Crippen LogP contribution < -0.4 is 5.73 Å². The van der Waals surface area contributed by atoms with Gasteiger partial charge < -0.3 is 5.73 Å². The van der Waals surface area contributed by atoms with Gasteiger partial charge in [0, 0.05) is 5.54 Å². The molecule has 0 saturated heterocycles. The number of hydrogen-bond donors (Lipinski definition) is 2. The highest BCUT2D eigenvalue weighted by atomic mass is 32.2. The summed E-state index contributed by atoms with van der Waals surface area (Å²) in [4.78, 5) is 0. The third-order valence-electron chi connectivity index (χ3n) is 5.49. The Balaban J connectivity index is 4.21. The van der Waals surface area contributed by atoms with Gasteiger partial charge in [-0.25, -0.2) is 0 Å². The molecular formula is C19H41NO3S. The molecule has 0 aliphatic rings. The Morgan fingerprint density at radius 1 is 0.833 bits per heavy atom. The van der Waals surface area contributed by atoms with Gasteiger partial charge in [-0.05, 0) is 38.0 Å². The smallest absolute Gasteiger partial charge is 0.264 e. The van der Waals surface area contributed by atoms with E-state index in [2.05, 4.69) is 20.8 Å². The minimum atomic E-state index is -3.86. The minimum Gasteiger partial charge on any atom is -0.325 e. The van der Waals surface area contributed by atoms with Gasteiger partial charge in [0.2, 0.25) is 0 Å². The lowest BCUT2D eigenvalue weighted by Gasteiger charge is -2.36. The van der Waals surface area contributed by atoms with E-state index in [1.165, 1.54) is 51.4 Å². The number of rotatable bonds is 16. The van der Waals surface area contributed by atoms with Crippen LogP contribution in [0.4, 0.5) is 0 Å². The first-order valence-electron chi connectivity index (χ1n) is 10.0. The molecule has 0 aromatic rings. The fraction of sp³-hybridized carbons (Fsp3) is 1.00. The van der Waals surface area contributed by atoms with Crippen molar-refractivity contribution in [3.05, 3.63) is 0 Å². The van der Waals surface area contributed by atoms with E-state index < -0.39 is 10.1 Å². The molecule has 1 unspecified atom stereocenters. The highest BCUT2D eigenvalue weighted by Crippen LogP contribution is 2.31. The molecular weight excluding hydrogens is 322 g/mol. The molecule has 0 rings (SSSR count). The Labute approximate surface area is 150 Å². The minimum absolute atomic E-state index is 0.148. The van der Waals surface area contributed by atoms with E-state index in [1.54, 1.807) is 0 Å². The van der Waals surface area contributed by atoms with Gasteiger partial charge in [0.15, 0.2) is 0 Å². The summed E-state index contributed by atoms with van der Waals surface area (Å²) in [5, 5.41) is 0. The van der Waals surface area contributed by atoms with Crippen LogP contribution in [-0.4, -0.2) is 24.3 Å². The van der Waals surface area contributed by atoms with Gasteiger partial charge in [-0.2, -0.15) is 8.42 Å². The number of hydrogen-bond acceptors (Lipinski definition) is 3. The zero-order valence-electron chi connectivity index (χ0n) is 16.2. The van der Waals surface area contributed by atoms with Crippen molar-refractivity contribution >= 4 is 10.1 Å². The Hall–Kier alpha value is -0.130. The summed E-state index contributed by atoms with van der Waals surface area (Å²) in [5.41, 5.74) is 6.37. The third kappa shape index (κ3) is 11.4. The summed E-state index contributed by atoms with van der Waals surface area (Å²) in [6.07, 6.45) is 14.5. The average Bonchev–Trinajstić information content (AvgIpc) is 2.53. The van der Waals surface area contributed by atoms with Crippen molar-refractivity contribution < 1.29 is 13.0 Å². The van der Waals surface area contributed by atoms with Crippen LogP contribution in [-0.2, 0) is 10.1 Å². The summed E-state index contributed by atoms with van der Waals surface area (Å²) < 4.78 is 30.8. The maximum absolute atomic E-state index is 10.9. The van der Waals surface area contributed by atoms with Gasteiger partial charge in [-0.3, -0.25) is 4.55 Å². The summed E-state index contributed by atoms with van der Waals surface area (Å²) >= 11 is 0. The normalized spacial score (nSPS) is 14.0. The van der Waals surface area contributed by atoms with Crippen LogP contribution >= 0.6 is 0 Å². The maximum Gasteiger partial charge on any atom is 0.264 e. The van der Waals surface area contributed by atoms with Crippen LogP contribution in [0.15, 0.2) is 0 Å². The van der Waals surface area contributed by atoms with E-state index in [9.17, 15) is 8.42 Å². The molecule has 0 bridgehead atoms. The first kappa shape index (κ1) is 23.9. The molecule has 5 heteroatoms. The lowest BCUT2D eigenvalue weighted by Crippen LogP contribution is -2.46. The van der Waals surface area contributed by atoms with E-state index >= 15 is 0 Å². The molecule has 0 amide bonds. The number of unbranched alkanes of at least 4 members (excludes halogenated alkanes) is 7. The lowest BCUT2D eigenvalue weighted by molar-refractivity contribution is 0.217. The summed E-state index contributed by atoms with van der Waals surface area (Å²) in [5.74, 6) is 0.194. The zero-order valence-corrected chi connectivity index (χ0v) is 17.0. The lowest BCUT2D eigenvalue weighted by atomic mass is 9.75.